The van der Waals surface area contributed by atoms with Crippen LogP contribution in [0, 0.1) is 11.3 Å². The molecular formula is C30H39N9O2S2. The molecule has 43 heavy (non-hydrogen) atoms. The number of hydrogen-bond acceptors (Lipinski definition) is 12. The van der Waals surface area contributed by atoms with Gasteiger partial charge in [-0.1, -0.05) is 5.16 Å². The summed E-state index contributed by atoms with van der Waals surface area (Å²) in [6, 6.07) is 6.79. The second-order valence-corrected chi connectivity index (χ2v) is 13.7. The molecule has 5 heterocycles. The van der Waals surface area contributed by atoms with E-state index in [1.54, 1.807) is 0 Å². The molecule has 2 atom stereocenters. The molecule has 0 saturated carbocycles. The van der Waals surface area contributed by atoms with Gasteiger partial charge >= 0.3 is 0 Å². The maximum atomic E-state index is 12.5. The minimum Gasteiger partial charge on any atom is -0.389 e. The molecule has 0 unspecified atom stereocenters. The lowest BCUT2D eigenvalue weighted by Crippen LogP contribution is -2.51. The molecular weight excluding hydrogens is 583 g/mol. The number of anilines is 3. The Morgan fingerprint density at radius 1 is 1.23 bits per heavy atom. The van der Waals surface area contributed by atoms with Gasteiger partial charge in [0, 0.05) is 80.5 Å². The standard InChI is InChI=1S/C30H39N9O2S2/c1-19-18-36(3)8-13-39(19)24-16-20(37-9-11-38(12-10-37)25(40)6-14-42)15-22(33-24)28-34-29(41-35-28)30(2)7-4-5-23-26(30)21(17-31)27(32)43-23/h15-16,19,42H,4-14,18,32H2,1-3H3/t19-,30-/m0/s1. The van der Waals surface area contributed by atoms with Gasteiger partial charge in [0.1, 0.15) is 22.6 Å². The summed E-state index contributed by atoms with van der Waals surface area (Å²) in [7, 11) is 2.15. The molecule has 3 aromatic rings. The Kier molecular flexibility index (Phi) is 8.28. The molecule has 0 aromatic carbocycles. The fraction of sp³-hybridized carbons (Fsp3) is 0.567. The lowest BCUT2D eigenvalue weighted by Gasteiger charge is -2.40. The number of thiol groups is 1. The monoisotopic (exact) mass is 621 g/mol. The highest BCUT2D eigenvalue weighted by Crippen LogP contribution is 2.48. The minimum atomic E-state index is -0.597. The maximum absolute atomic E-state index is 12.5. The summed E-state index contributed by atoms with van der Waals surface area (Å²) in [5.41, 5.74) is 8.78. The number of nitrogens with zero attached hydrogens (tertiary/aromatic N) is 8. The fourth-order valence-electron chi connectivity index (χ4n) is 6.76. The van der Waals surface area contributed by atoms with Crippen molar-refractivity contribution in [1.29, 1.82) is 5.26 Å². The predicted molar refractivity (Wildman–Crippen MR) is 172 cm³/mol. The number of pyridine rings is 1. The molecule has 3 aromatic heterocycles. The molecule has 1 amide bonds. The van der Waals surface area contributed by atoms with Gasteiger partial charge in [-0.3, -0.25) is 4.79 Å². The van der Waals surface area contributed by atoms with Crippen molar-refractivity contribution in [3.8, 4) is 17.6 Å². The second-order valence-electron chi connectivity index (χ2n) is 12.1. The molecule has 3 aliphatic rings. The summed E-state index contributed by atoms with van der Waals surface area (Å²) >= 11 is 5.72. The van der Waals surface area contributed by atoms with Gasteiger partial charge in [0.2, 0.25) is 17.6 Å². The Morgan fingerprint density at radius 2 is 2.02 bits per heavy atom. The molecule has 11 nitrogen and oxygen atoms in total. The van der Waals surface area contributed by atoms with Crippen molar-refractivity contribution in [3.63, 3.8) is 0 Å². The van der Waals surface area contributed by atoms with Crippen molar-refractivity contribution in [2.24, 2.45) is 0 Å². The number of nitrogen functional groups attached to an aromatic ring is 1. The molecule has 2 saturated heterocycles. The van der Waals surface area contributed by atoms with E-state index in [-0.39, 0.29) is 5.91 Å². The number of nitrogens with two attached hydrogens (primary N) is 1. The summed E-state index contributed by atoms with van der Waals surface area (Å²) in [5.74, 6) is 2.51. The predicted octanol–water partition coefficient (Wildman–Crippen LogP) is 3.40. The average molecular weight is 622 g/mol. The maximum Gasteiger partial charge on any atom is 0.237 e. The summed E-state index contributed by atoms with van der Waals surface area (Å²) in [4.78, 5) is 32.5. The molecule has 0 radical (unpaired) electrons. The number of carbonyl (C=O) groups excluding carboxylic acids is 1. The van der Waals surface area contributed by atoms with E-state index in [1.807, 2.05) is 11.0 Å². The smallest absolute Gasteiger partial charge is 0.237 e. The largest absolute Gasteiger partial charge is 0.389 e. The van der Waals surface area contributed by atoms with E-state index < -0.39 is 5.41 Å². The third kappa shape index (κ3) is 5.56. The van der Waals surface area contributed by atoms with Crippen molar-refractivity contribution in [1.82, 2.24) is 24.9 Å². The van der Waals surface area contributed by atoms with E-state index in [4.69, 9.17) is 20.2 Å². The highest BCUT2D eigenvalue weighted by Gasteiger charge is 2.43. The first kappa shape index (κ1) is 29.7. The van der Waals surface area contributed by atoms with Crippen molar-refractivity contribution in [2.45, 2.75) is 51.0 Å². The first-order chi connectivity index (χ1) is 20.7. The molecule has 2 N–H and O–H groups in total. The first-order valence-corrected chi connectivity index (χ1v) is 16.4. The van der Waals surface area contributed by atoms with Gasteiger partial charge in [0.05, 0.1) is 11.0 Å². The summed E-state index contributed by atoms with van der Waals surface area (Å²) < 4.78 is 5.97. The fourth-order valence-corrected chi connectivity index (χ4v) is 8.14. The quantitative estimate of drug-likeness (QED) is 0.395. The zero-order valence-electron chi connectivity index (χ0n) is 25.0. The van der Waals surface area contributed by atoms with Crippen LogP contribution in [0.25, 0.3) is 11.5 Å². The van der Waals surface area contributed by atoms with Crippen LogP contribution in [0.5, 0.6) is 0 Å². The van der Waals surface area contributed by atoms with E-state index in [0.717, 1.165) is 73.9 Å². The molecule has 228 valence electrons. The van der Waals surface area contributed by atoms with Crippen LogP contribution in [0.1, 0.15) is 55.0 Å². The van der Waals surface area contributed by atoms with Crippen LogP contribution in [0.2, 0.25) is 0 Å². The Bertz CT molecular complexity index is 1540. The number of hydrogen-bond donors (Lipinski definition) is 2. The van der Waals surface area contributed by atoms with Crippen molar-refractivity contribution in [2.75, 3.05) is 74.1 Å². The number of thiophene rings is 1. The minimum absolute atomic E-state index is 0.155. The van der Waals surface area contributed by atoms with Crippen LogP contribution >= 0.6 is 24.0 Å². The van der Waals surface area contributed by atoms with Gasteiger partial charge in [-0.05, 0) is 52.0 Å². The zero-order chi connectivity index (χ0) is 30.3. The number of carbonyl (C=O) groups is 1. The molecule has 0 bridgehead atoms. The Labute approximate surface area is 262 Å². The van der Waals surface area contributed by atoms with E-state index in [2.05, 4.69) is 65.5 Å². The molecule has 13 heteroatoms. The number of aromatic nitrogens is 3. The van der Waals surface area contributed by atoms with Crippen LogP contribution < -0.4 is 15.5 Å². The molecule has 6 rings (SSSR count). The third-order valence-electron chi connectivity index (χ3n) is 9.12. The van der Waals surface area contributed by atoms with E-state index in [0.29, 0.717) is 59.3 Å². The third-order valence-corrected chi connectivity index (χ3v) is 10.4. The zero-order valence-corrected chi connectivity index (χ0v) is 26.8. The van der Waals surface area contributed by atoms with Gasteiger partial charge in [0.25, 0.3) is 0 Å². The van der Waals surface area contributed by atoms with Crippen LogP contribution in [0.3, 0.4) is 0 Å². The summed E-state index contributed by atoms with van der Waals surface area (Å²) in [6.45, 7) is 9.87. The lowest BCUT2D eigenvalue weighted by atomic mass is 9.72. The molecule has 2 aliphatic heterocycles. The number of aryl methyl sites for hydroxylation is 1. The second kappa shape index (κ2) is 12.0. The Hall–Kier alpha value is -3.34. The van der Waals surface area contributed by atoms with Gasteiger partial charge in [-0.15, -0.1) is 11.3 Å². The number of amides is 1. The lowest BCUT2D eigenvalue weighted by molar-refractivity contribution is -0.131. The molecule has 0 spiro atoms. The van der Waals surface area contributed by atoms with Crippen molar-refractivity contribution in [3.05, 3.63) is 34.0 Å². The number of likely N-dealkylation sites (N-methyl/N-ethyl adjacent to an activating group) is 1. The van der Waals surface area contributed by atoms with Gasteiger partial charge in [-0.25, -0.2) is 4.98 Å². The summed E-state index contributed by atoms with van der Waals surface area (Å²) in [5, 5.41) is 14.9. The van der Waals surface area contributed by atoms with Crippen molar-refractivity contribution < 1.29 is 9.32 Å². The topological polar surface area (TPSA) is 132 Å². The van der Waals surface area contributed by atoms with E-state index in [9.17, 15) is 10.1 Å². The van der Waals surface area contributed by atoms with E-state index in [1.165, 1.54) is 11.3 Å². The number of fused-ring (bicyclic) bond motifs is 1. The molecule has 1 aliphatic carbocycles. The van der Waals surface area contributed by atoms with Crippen LogP contribution in [-0.4, -0.2) is 95.5 Å². The van der Waals surface area contributed by atoms with Gasteiger partial charge in [0.15, 0.2) is 0 Å². The average Bonchev–Trinajstić information content (AvgIpc) is 3.63. The first-order valence-electron chi connectivity index (χ1n) is 15.0. The SMILES string of the molecule is C[C@H]1CN(C)CCN1c1cc(N2CCN(C(=O)CCS)CC2)cc(-c2noc([C@@]3(C)CCCc4sc(N)c(C#N)c43)n2)n1. The number of rotatable bonds is 6. The van der Waals surface area contributed by atoms with Gasteiger partial charge in [-0.2, -0.15) is 22.9 Å². The van der Waals surface area contributed by atoms with Crippen LogP contribution in [-0.2, 0) is 16.6 Å². The number of nitriles is 1. The van der Waals surface area contributed by atoms with Crippen LogP contribution in [0.4, 0.5) is 16.5 Å². The van der Waals surface area contributed by atoms with Crippen LogP contribution in [0.15, 0.2) is 16.7 Å². The Morgan fingerprint density at radius 3 is 2.74 bits per heavy atom. The highest BCUT2D eigenvalue weighted by atomic mass is 32.1. The van der Waals surface area contributed by atoms with E-state index >= 15 is 0 Å². The highest BCUT2D eigenvalue weighted by molar-refractivity contribution is 7.80. The van der Waals surface area contributed by atoms with Crippen molar-refractivity contribution >= 4 is 46.4 Å². The normalized spacial score (nSPS) is 22.9. The number of piperazine rings is 2. The molecule has 2 fully saturated rings. The Balaban J connectivity index is 1.35. The summed E-state index contributed by atoms with van der Waals surface area (Å²) in [6.07, 6.45) is 3.10. The van der Waals surface area contributed by atoms with Gasteiger partial charge < -0.3 is 29.9 Å².